The largest absolute Gasteiger partial charge is 0.381 e. The first-order valence-corrected chi connectivity index (χ1v) is 7.31. The van der Waals surface area contributed by atoms with Gasteiger partial charge in [0.2, 0.25) is 0 Å². The van der Waals surface area contributed by atoms with Crippen molar-refractivity contribution in [1.82, 2.24) is 4.98 Å². The lowest BCUT2D eigenvalue weighted by atomic mass is 10.1. The van der Waals surface area contributed by atoms with Gasteiger partial charge in [-0.15, -0.1) is 0 Å². The van der Waals surface area contributed by atoms with E-state index in [1.807, 2.05) is 24.5 Å². The average molecular weight is 267 g/mol. The van der Waals surface area contributed by atoms with E-state index in [-0.39, 0.29) is 0 Å². The maximum absolute atomic E-state index is 4.04. The molecule has 1 fully saturated rings. The summed E-state index contributed by atoms with van der Waals surface area (Å²) in [6.45, 7) is 5.41. The number of aryl methyl sites for hydroxylation is 1. The second kappa shape index (κ2) is 5.95. The number of benzene rings is 1. The van der Waals surface area contributed by atoms with Gasteiger partial charge in [0.1, 0.15) is 0 Å². The standard InChI is InChI=1S/C17H21N3/c1-14-12-16(20-10-2-3-11-20)4-5-17(14)19-13-15-6-8-18-9-7-15/h4-9,12,19H,2-3,10-11,13H2,1H3. The highest BCUT2D eigenvalue weighted by Crippen LogP contribution is 2.25. The average Bonchev–Trinajstić information content (AvgIpc) is 3.01. The monoisotopic (exact) mass is 267 g/mol. The van der Waals surface area contributed by atoms with E-state index in [0.29, 0.717) is 0 Å². The molecule has 1 aliphatic rings. The summed E-state index contributed by atoms with van der Waals surface area (Å²) in [5.41, 5.74) is 5.13. The van der Waals surface area contributed by atoms with Crippen molar-refractivity contribution in [2.45, 2.75) is 26.3 Å². The molecule has 0 radical (unpaired) electrons. The van der Waals surface area contributed by atoms with Crippen molar-refractivity contribution in [2.75, 3.05) is 23.3 Å². The maximum atomic E-state index is 4.04. The number of nitrogens with zero attached hydrogens (tertiary/aromatic N) is 2. The molecule has 3 nitrogen and oxygen atoms in total. The summed E-state index contributed by atoms with van der Waals surface area (Å²) >= 11 is 0. The molecule has 0 unspecified atom stereocenters. The molecule has 0 spiro atoms. The molecule has 1 saturated heterocycles. The van der Waals surface area contributed by atoms with Gasteiger partial charge >= 0.3 is 0 Å². The second-order valence-corrected chi connectivity index (χ2v) is 5.40. The van der Waals surface area contributed by atoms with Gasteiger partial charge in [-0.3, -0.25) is 4.98 Å². The molecule has 2 aromatic rings. The van der Waals surface area contributed by atoms with Crippen LogP contribution in [0.1, 0.15) is 24.0 Å². The van der Waals surface area contributed by atoms with Gasteiger partial charge < -0.3 is 10.2 Å². The van der Waals surface area contributed by atoms with E-state index in [2.05, 4.69) is 40.3 Å². The molecule has 1 N–H and O–H groups in total. The number of nitrogens with one attached hydrogen (secondary N) is 1. The summed E-state index contributed by atoms with van der Waals surface area (Å²) in [6.07, 6.45) is 6.31. The molecule has 2 heterocycles. The Morgan fingerprint density at radius 1 is 1.10 bits per heavy atom. The van der Waals surface area contributed by atoms with Crippen molar-refractivity contribution in [3.8, 4) is 0 Å². The lowest BCUT2D eigenvalue weighted by Crippen LogP contribution is -2.17. The van der Waals surface area contributed by atoms with Crippen molar-refractivity contribution < 1.29 is 0 Å². The number of anilines is 2. The van der Waals surface area contributed by atoms with Crippen LogP contribution in [0.15, 0.2) is 42.7 Å². The molecule has 0 amide bonds. The van der Waals surface area contributed by atoms with Gasteiger partial charge in [-0.1, -0.05) is 0 Å². The zero-order valence-corrected chi connectivity index (χ0v) is 12.0. The Labute approximate surface area is 120 Å². The predicted molar refractivity (Wildman–Crippen MR) is 84.2 cm³/mol. The summed E-state index contributed by atoms with van der Waals surface area (Å²) in [6, 6.07) is 10.8. The van der Waals surface area contributed by atoms with Crippen molar-refractivity contribution >= 4 is 11.4 Å². The third kappa shape index (κ3) is 2.93. The molecule has 0 bridgehead atoms. The fourth-order valence-corrected chi connectivity index (χ4v) is 2.72. The number of aromatic nitrogens is 1. The lowest BCUT2D eigenvalue weighted by molar-refractivity contribution is 0.949. The quantitative estimate of drug-likeness (QED) is 0.917. The molecular weight excluding hydrogens is 246 g/mol. The van der Waals surface area contributed by atoms with Crippen LogP contribution >= 0.6 is 0 Å². The van der Waals surface area contributed by atoms with Crippen LogP contribution in [-0.4, -0.2) is 18.1 Å². The van der Waals surface area contributed by atoms with E-state index < -0.39 is 0 Å². The minimum atomic E-state index is 0.840. The SMILES string of the molecule is Cc1cc(N2CCCC2)ccc1NCc1ccncc1. The van der Waals surface area contributed by atoms with E-state index in [1.54, 1.807) is 0 Å². The summed E-state index contributed by atoms with van der Waals surface area (Å²) < 4.78 is 0. The third-order valence-corrected chi connectivity index (χ3v) is 3.91. The highest BCUT2D eigenvalue weighted by Gasteiger charge is 2.12. The normalized spacial score (nSPS) is 14.6. The molecule has 3 rings (SSSR count). The van der Waals surface area contributed by atoms with E-state index >= 15 is 0 Å². The highest BCUT2D eigenvalue weighted by molar-refractivity contribution is 5.60. The summed E-state index contributed by atoms with van der Waals surface area (Å²) in [5.74, 6) is 0. The molecule has 104 valence electrons. The Balaban J connectivity index is 1.68. The van der Waals surface area contributed by atoms with Crippen molar-refractivity contribution in [3.63, 3.8) is 0 Å². The van der Waals surface area contributed by atoms with Gasteiger partial charge in [-0.05, 0) is 61.2 Å². The molecule has 1 aliphatic heterocycles. The molecule has 3 heteroatoms. The first kappa shape index (κ1) is 13.0. The van der Waals surface area contributed by atoms with Crippen LogP contribution in [0, 0.1) is 6.92 Å². The Kier molecular flexibility index (Phi) is 3.86. The van der Waals surface area contributed by atoms with Gasteiger partial charge in [0.05, 0.1) is 0 Å². The van der Waals surface area contributed by atoms with Crippen LogP contribution in [-0.2, 0) is 6.54 Å². The van der Waals surface area contributed by atoms with Crippen molar-refractivity contribution in [3.05, 3.63) is 53.9 Å². The Hall–Kier alpha value is -2.03. The van der Waals surface area contributed by atoms with Gasteiger partial charge in [-0.2, -0.15) is 0 Å². The molecule has 1 aromatic heterocycles. The fourth-order valence-electron chi connectivity index (χ4n) is 2.72. The Bertz CT molecular complexity index is 560. The van der Waals surface area contributed by atoms with Gasteiger partial charge in [0.25, 0.3) is 0 Å². The smallest absolute Gasteiger partial charge is 0.0401 e. The molecular formula is C17H21N3. The van der Waals surface area contributed by atoms with Gasteiger partial charge in [0.15, 0.2) is 0 Å². The van der Waals surface area contributed by atoms with Crippen LogP contribution in [0.3, 0.4) is 0 Å². The van der Waals surface area contributed by atoms with E-state index in [4.69, 9.17) is 0 Å². The first-order valence-electron chi connectivity index (χ1n) is 7.31. The van der Waals surface area contributed by atoms with Crippen LogP contribution < -0.4 is 10.2 Å². The van der Waals surface area contributed by atoms with Gasteiger partial charge in [-0.25, -0.2) is 0 Å². The fraction of sp³-hybridized carbons (Fsp3) is 0.353. The van der Waals surface area contributed by atoms with E-state index in [9.17, 15) is 0 Å². The molecule has 0 saturated carbocycles. The summed E-state index contributed by atoms with van der Waals surface area (Å²) in [7, 11) is 0. The van der Waals surface area contributed by atoms with Crippen molar-refractivity contribution in [1.29, 1.82) is 0 Å². The molecule has 0 aliphatic carbocycles. The Morgan fingerprint density at radius 2 is 1.85 bits per heavy atom. The minimum absolute atomic E-state index is 0.840. The number of rotatable bonds is 4. The second-order valence-electron chi connectivity index (χ2n) is 5.40. The van der Waals surface area contributed by atoms with Crippen LogP contribution in [0.4, 0.5) is 11.4 Å². The van der Waals surface area contributed by atoms with Crippen LogP contribution in [0.2, 0.25) is 0 Å². The van der Waals surface area contributed by atoms with Crippen LogP contribution in [0.25, 0.3) is 0 Å². The molecule has 0 atom stereocenters. The Morgan fingerprint density at radius 3 is 2.55 bits per heavy atom. The third-order valence-electron chi connectivity index (χ3n) is 3.91. The zero-order chi connectivity index (χ0) is 13.8. The number of hydrogen-bond acceptors (Lipinski definition) is 3. The molecule has 20 heavy (non-hydrogen) atoms. The predicted octanol–water partition coefficient (Wildman–Crippen LogP) is 3.60. The van der Waals surface area contributed by atoms with Gasteiger partial charge in [0, 0.05) is 43.4 Å². The van der Waals surface area contributed by atoms with E-state index in [1.165, 1.54) is 48.4 Å². The molecule has 1 aromatic carbocycles. The minimum Gasteiger partial charge on any atom is -0.381 e. The summed E-state index contributed by atoms with van der Waals surface area (Å²) in [4.78, 5) is 6.51. The first-order chi connectivity index (χ1) is 9.83. The van der Waals surface area contributed by atoms with Crippen LogP contribution in [0.5, 0.6) is 0 Å². The summed E-state index contributed by atoms with van der Waals surface area (Å²) in [5, 5.41) is 3.50. The highest BCUT2D eigenvalue weighted by atomic mass is 15.1. The van der Waals surface area contributed by atoms with Crippen molar-refractivity contribution in [2.24, 2.45) is 0 Å². The topological polar surface area (TPSA) is 28.2 Å². The number of hydrogen-bond donors (Lipinski definition) is 1. The number of pyridine rings is 1. The lowest BCUT2D eigenvalue weighted by Gasteiger charge is -2.19. The maximum Gasteiger partial charge on any atom is 0.0401 e. The zero-order valence-electron chi connectivity index (χ0n) is 12.0. The van der Waals surface area contributed by atoms with E-state index in [0.717, 1.165) is 6.54 Å².